The van der Waals surface area contributed by atoms with Gasteiger partial charge in [-0.2, -0.15) is 0 Å². The summed E-state index contributed by atoms with van der Waals surface area (Å²) in [5, 5.41) is 0. The second-order valence-corrected chi connectivity index (χ2v) is 6.31. The van der Waals surface area contributed by atoms with Crippen LogP contribution >= 0.6 is 12.2 Å². The van der Waals surface area contributed by atoms with Crippen molar-refractivity contribution in [2.45, 2.75) is 33.6 Å². The van der Waals surface area contributed by atoms with Crippen LogP contribution in [0, 0.1) is 12.3 Å². The van der Waals surface area contributed by atoms with Gasteiger partial charge in [-0.25, -0.2) is 4.98 Å². The quantitative estimate of drug-likeness (QED) is 0.833. The Morgan fingerprint density at radius 3 is 2.50 bits per heavy atom. The van der Waals surface area contributed by atoms with Crippen LogP contribution in [0.3, 0.4) is 0 Å². The van der Waals surface area contributed by atoms with E-state index in [-0.39, 0.29) is 0 Å². The lowest BCUT2D eigenvalue weighted by molar-refractivity contribution is 0.279. The lowest BCUT2D eigenvalue weighted by atomic mass is 9.83. The summed E-state index contributed by atoms with van der Waals surface area (Å²) in [7, 11) is 0. The second kappa shape index (κ2) is 4.84. The first-order chi connectivity index (χ1) is 8.37. The summed E-state index contributed by atoms with van der Waals surface area (Å²) in [5.74, 6) is 1.01. The molecule has 4 heteroatoms. The highest BCUT2D eigenvalue weighted by Crippen LogP contribution is 2.31. The Morgan fingerprint density at radius 1 is 1.33 bits per heavy atom. The van der Waals surface area contributed by atoms with E-state index in [1.54, 1.807) is 0 Å². The summed E-state index contributed by atoms with van der Waals surface area (Å²) in [6, 6.07) is 3.95. The van der Waals surface area contributed by atoms with Crippen LogP contribution in [0.25, 0.3) is 0 Å². The van der Waals surface area contributed by atoms with Gasteiger partial charge in [0.25, 0.3) is 0 Å². The fraction of sp³-hybridized carbons (Fsp3) is 0.571. The molecule has 3 nitrogen and oxygen atoms in total. The smallest absolute Gasteiger partial charge is 0.129 e. The number of hydrogen-bond acceptors (Lipinski definition) is 3. The van der Waals surface area contributed by atoms with Crippen molar-refractivity contribution in [1.29, 1.82) is 0 Å². The van der Waals surface area contributed by atoms with Crippen molar-refractivity contribution in [3.63, 3.8) is 0 Å². The highest BCUT2D eigenvalue weighted by atomic mass is 32.1. The Bertz CT molecular complexity index is 458. The van der Waals surface area contributed by atoms with Gasteiger partial charge in [0.15, 0.2) is 0 Å². The molecule has 18 heavy (non-hydrogen) atoms. The number of thiocarbonyl (C=S) groups is 1. The van der Waals surface area contributed by atoms with Crippen molar-refractivity contribution in [3.8, 4) is 0 Å². The van der Waals surface area contributed by atoms with Crippen molar-refractivity contribution in [3.05, 3.63) is 23.4 Å². The summed E-state index contributed by atoms with van der Waals surface area (Å²) >= 11 is 5.05. The average Bonchev–Trinajstić information content (AvgIpc) is 2.28. The van der Waals surface area contributed by atoms with Crippen molar-refractivity contribution in [1.82, 2.24) is 4.98 Å². The number of aryl methyl sites for hydroxylation is 1. The fourth-order valence-corrected chi connectivity index (χ4v) is 2.41. The second-order valence-electron chi connectivity index (χ2n) is 5.87. The summed E-state index contributed by atoms with van der Waals surface area (Å²) in [4.78, 5) is 7.38. The minimum absolute atomic E-state index is 0.444. The third-order valence-electron chi connectivity index (χ3n) is 3.67. The van der Waals surface area contributed by atoms with E-state index in [1.165, 1.54) is 12.8 Å². The predicted molar refractivity (Wildman–Crippen MR) is 80.1 cm³/mol. The van der Waals surface area contributed by atoms with Crippen LogP contribution in [-0.2, 0) is 0 Å². The predicted octanol–water partition coefficient (Wildman–Crippen LogP) is 2.65. The number of nitrogens with zero attached hydrogens (tertiary/aromatic N) is 2. The van der Waals surface area contributed by atoms with E-state index in [9.17, 15) is 0 Å². The third kappa shape index (κ3) is 2.99. The van der Waals surface area contributed by atoms with Crippen LogP contribution in [0.5, 0.6) is 0 Å². The molecule has 0 aliphatic carbocycles. The minimum Gasteiger partial charge on any atom is -0.389 e. The normalized spacial score (nSPS) is 18.7. The summed E-state index contributed by atoms with van der Waals surface area (Å²) in [6.45, 7) is 8.75. The number of hydrogen-bond donors (Lipinski definition) is 1. The molecule has 2 N–H and O–H groups in total. The highest BCUT2D eigenvalue weighted by Gasteiger charge is 2.26. The monoisotopic (exact) mass is 263 g/mol. The molecule has 2 heterocycles. The summed E-state index contributed by atoms with van der Waals surface area (Å²) < 4.78 is 0. The SMILES string of the molecule is Cc1cc(C(N)=S)cc(N2CCC(C)(C)CC2)n1. The van der Waals surface area contributed by atoms with Gasteiger partial charge in [-0.05, 0) is 37.3 Å². The van der Waals surface area contributed by atoms with E-state index in [4.69, 9.17) is 18.0 Å². The third-order valence-corrected chi connectivity index (χ3v) is 3.90. The molecule has 1 fully saturated rings. The standard InChI is InChI=1S/C14H21N3S/c1-10-8-11(13(15)18)9-12(16-10)17-6-4-14(2,3)5-7-17/h8-9H,4-7H2,1-3H3,(H2,15,18). The van der Waals surface area contributed by atoms with Gasteiger partial charge in [-0.15, -0.1) is 0 Å². The van der Waals surface area contributed by atoms with E-state index in [0.717, 1.165) is 30.2 Å². The van der Waals surface area contributed by atoms with Gasteiger partial charge >= 0.3 is 0 Å². The van der Waals surface area contributed by atoms with Gasteiger partial charge in [0.05, 0.1) is 0 Å². The van der Waals surface area contributed by atoms with E-state index in [1.807, 2.05) is 19.1 Å². The lowest BCUT2D eigenvalue weighted by Crippen LogP contribution is -2.38. The number of anilines is 1. The Kier molecular flexibility index (Phi) is 3.57. The van der Waals surface area contributed by atoms with Crippen molar-refractivity contribution >= 4 is 23.0 Å². The van der Waals surface area contributed by atoms with Crippen LogP contribution in [0.2, 0.25) is 0 Å². The van der Waals surface area contributed by atoms with E-state index in [0.29, 0.717) is 10.4 Å². The molecular formula is C14H21N3S. The summed E-state index contributed by atoms with van der Waals surface area (Å²) in [6.07, 6.45) is 2.40. The first-order valence-electron chi connectivity index (χ1n) is 6.41. The van der Waals surface area contributed by atoms with Crippen LogP contribution in [0.15, 0.2) is 12.1 Å². The van der Waals surface area contributed by atoms with Crippen molar-refractivity contribution in [2.24, 2.45) is 11.1 Å². The highest BCUT2D eigenvalue weighted by molar-refractivity contribution is 7.80. The lowest BCUT2D eigenvalue weighted by Gasteiger charge is -2.37. The number of rotatable bonds is 2. The van der Waals surface area contributed by atoms with Gasteiger partial charge in [-0.3, -0.25) is 0 Å². The number of pyridine rings is 1. The first kappa shape index (κ1) is 13.3. The largest absolute Gasteiger partial charge is 0.389 e. The molecule has 0 bridgehead atoms. The molecule has 1 aromatic rings. The Hall–Kier alpha value is -1.16. The van der Waals surface area contributed by atoms with Gasteiger partial charge in [0.1, 0.15) is 10.8 Å². The molecule has 2 rings (SSSR count). The molecule has 1 saturated heterocycles. The molecule has 1 aliphatic rings. The zero-order valence-electron chi connectivity index (χ0n) is 11.4. The zero-order valence-corrected chi connectivity index (χ0v) is 12.2. The molecule has 0 aromatic carbocycles. The maximum atomic E-state index is 5.71. The molecule has 0 saturated carbocycles. The average molecular weight is 263 g/mol. The molecule has 1 aliphatic heterocycles. The molecule has 0 radical (unpaired) electrons. The first-order valence-corrected chi connectivity index (χ1v) is 6.82. The van der Waals surface area contributed by atoms with Gasteiger partial charge in [0, 0.05) is 24.3 Å². The minimum atomic E-state index is 0.444. The van der Waals surface area contributed by atoms with Crippen LogP contribution in [0.1, 0.15) is 37.9 Å². The molecule has 0 unspecified atom stereocenters. The zero-order chi connectivity index (χ0) is 13.3. The number of aromatic nitrogens is 1. The molecule has 1 aromatic heterocycles. The maximum Gasteiger partial charge on any atom is 0.129 e. The van der Waals surface area contributed by atoms with Gasteiger partial charge in [0.2, 0.25) is 0 Å². The summed E-state index contributed by atoms with van der Waals surface area (Å²) in [5.41, 5.74) is 8.05. The molecule has 0 spiro atoms. The Morgan fingerprint density at radius 2 is 1.94 bits per heavy atom. The fourth-order valence-electron chi connectivity index (χ4n) is 2.30. The van der Waals surface area contributed by atoms with E-state index in [2.05, 4.69) is 23.7 Å². The molecule has 98 valence electrons. The number of nitrogens with two attached hydrogens (primary N) is 1. The Balaban J connectivity index is 2.21. The van der Waals surface area contributed by atoms with E-state index < -0.39 is 0 Å². The van der Waals surface area contributed by atoms with E-state index >= 15 is 0 Å². The number of piperidine rings is 1. The molecule has 0 atom stereocenters. The van der Waals surface area contributed by atoms with Gasteiger partial charge in [-0.1, -0.05) is 26.1 Å². The maximum absolute atomic E-state index is 5.71. The van der Waals surface area contributed by atoms with Gasteiger partial charge < -0.3 is 10.6 Å². The molecular weight excluding hydrogens is 242 g/mol. The van der Waals surface area contributed by atoms with Crippen LogP contribution in [0.4, 0.5) is 5.82 Å². The van der Waals surface area contributed by atoms with Crippen LogP contribution in [-0.4, -0.2) is 23.1 Å². The Labute approximate surface area is 114 Å². The van der Waals surface area contributed by atoms with Crippen molar-refractivity contribution < 1.29 is 0 Å². The molecule has 0 amide bonds. The van der Waals surface area contributed by atoms with Crippen LogP contribution < -0.4 is 10.6 Å². The topological polar surface area (TPSA) is 42.1 Å². The van der Waals surface area contributed by atoms with Crippen molar-refractivity contribution in [2.75, 3.05) is 18.0 Å².